The van der Waals surface area contributed by atoms with Crippen LogP contribution >= 0.6 is 23.1 Å². The highest BCUT2D eigenvalue weighted by Crippen LogP contribution is 2.14. The maximum atomic E-state index is 12.0. The molecule has 0 aliphatic carbocycles. The summed E-state index contributed by atoms with van der Waals surface area (Å²) in [6.07, 6.45) is 2.82. The average Bonchev–Trinajstić information content (AvgIpc) is 2.91. The predicted molar refractivity (Wildman–Crippen MR) is 95.2 cm³/mol. The highest BCUT2D eigenvalue weighted by atomic mass is 32.2. The molecule has 0 spiro atoms. The van der Waals surface area contributed by atoms with E-state index in [9.17, 15) is 9.59 Å². The number of amides is 1. The van der Waals surface area contributed by atoms with E-state index in [0.29, 0.717) is 22.2 Å². The van der Waals surface area contributed by atoms with Crippen molar-refractivity contribution < 1.29 is 4.79 Å². The van der Waals surface area contributed by atoms with E-state index in [1.807, 2.05) is 13.8 Å². The van der Waals surface area contributed by atoms with E-state index in [4.69, 9.17) is 0 Å². The Kier molecular flexibility index (Phi) is 6.59. The number of nitrogens with one attached hydrogen (secondary N) is 1. The third kappa shape index (κ3) is 5.04. The Balaban J connectivity index is 1.92. The molecule has 1 amide bonds. The van der Waals surface area contributed by atoms with Gasteiger partial charge in [-0.05, 0) is 19.8 Å². The largest absolute Gasteiger partial charge is 0.353 e. The summed E-state index contributed by atoms with van der Waals surface area (Å²) in [6, 6.07) is 1.70. The monoisotopic (exact) mass is 354 g/mol. The zero-order chi connectivity index (χ0) is 16.8. The van der Waals surface area contributed by atoms with Gasteiger partial charge in [-0.2, -0.15) is 9.61 Å². The Bertz CT molecular complexity index is 726. The summed E-state index contributed by atoms with van der Waals surface area (Å²) in [6.45, 7) is 6.11. The van der Waals surface area contributed by atoms with Gasteiger partial charge in [-0.1, -0.05) is 31.6 Å². The van der Waals surface area contributed by atoms with Crippen molar-refractivity contribution in [3.05, 3.63) is 27.1 Å². The molecule has 0 aromatic carbocycles. The number of aryl methyl sites for hydroxylation is 1. The van der Waals surface area contributed by atoms with Gasteiger partial charge in [0.15, 0.2) is 0 Å². The van der Waals surface area contributed by atoms with E-state index < -0.39 is 0 Å². The molecule has 23 heavy (non-hydrogen) atoms. The van der Waals surface area contributed by atoms with Crippen LogP contribution < -0.4 is 10.9 Å². The SMILES string of the molecule is CCC[C@@H](C)NC(=O)CSCc1cc(=O)n2nc(CC)sc2n1. The lowest BCUT2D eigenvalue weighted by molar-refractivity contribution is -0.119. The van der Waals surface area contributed by atoms with E-state index in [-0.39, 0.29) is 17.5 Å². The molecule has 0 unspecified atom stereocenters. The maximum Gasteiger partial charge on any atom is 0.275 e. The minimum atomic E-state index is -0.164. The molecule has 0 aliphatic heterocycles. The van der Waals surface area contributed by atoms with E-state index >= 15 is 0 Å². The summed E-state index contributed by atoms with van der Waals surface area (Å²) < 4.78 is 1.34. The van der Waals surface area contributed by atoms with Gasteiger partial charge in [-0.15, -0.1) is 11.8 Å². The summed E-state index contributed by atoms with van der Waals surface area (Å²) >= 11 is 2.90. The van der Waals surface area contributed by atoms with Crippen molar-refractivity contribution in [2.75, 3.05) is 5.75 Å². The fraction of sp³-hybridized carbons (Fsp3) is 0.600. The number of thioether (sulfide) groups is 1. The smallest absolute Gasteiger partial charge is 0.275 e. The first kappa shape index (κ1) is 17.9. The van der Waals surface area contributed by atoms with Gasteiger partial charge in [0.05, 0.1) is 11.4 Å². The molecule has 2 rings (SSSR count). The van der Waals surface area contributed by atoms with E-state index in [2.05, 4.69) is 22.3 Å². The van der Waals surface area contributed by atoms with Crippen molar-refractivity contribution in [2.24, 2.45) is 0 Å². The van der Waals surface area contributed by atoms with E-state index in [1.165, 1.54) is 33.7 Å². The first-order chi connectivity index (χ1) is 11.0. The minimum Gasteiger partial charge on any atom is -0.353 e. The second kappa shape index (κ2) is 8.44. The van der Waals surface area contributed by atoms with Gasteiger partial charge >= 0.3 is 0 Å². The van der Waals surface area contributed by atoms with Crippen LogP contribution in [0.15, 0.2) is 10.9 Å². The molecule has 2 aromatic rings. The molecule has 1 N–H and O–H groups in total. The molecule has 126 valence electrons. The van der Waals surface area contributed by atoms with Crippen LogP contribution in [0.3, 0.4) is 0 Å². The number of hydrogen-bond acceptors (Lipinski definition) is 6. The first-order valence-corrected chi connectivity index (χ1v) is 9.76. The quantitative estimate of drug-likeness (QED) is 0.787. The van der Waals surface area contributed by atoms with Crippen molar-refractivity contribution in [1.82, 2.24) is 19.9 Å². The number of aromatic nitrogens is 3. The van der Waals surface area contributed by atoms with Crippen molar-refractivity contribution in [2.45, 2.75) is 51.8 Å². The standard InChI is InChI=1S/C15H22N4O2S2/c1-4-6-10(3)16-12(20)9-22-8-11-7-14(21)19-15(17-11)23-13(5-2)18-19/h7,10H,4-6,8-9H2,1-3H3,(H,16,20)/t10-/m1/s1. The van der Waals surface area contributed by atoms with Crippen LogP contribution in [0.5, 0.6) is 0 Å². The lowest BCUT2D eigenvalue weighted by Crippen LogP contribution is -2.33. The molecule has 8 heteroatoms. The molecule has 2 aromatic heterocycles. The van der Waals surface area contributed by atoms with Crippen LogP contribution in [-0.4, -0.2) is 32.3 Å². The van der Waals surface area contributed by atoms with Gasteiger partial charge < -0.3 is 5.32 Å². The van der Waals surface area contributed by atoms with Crippen LogP contribution in [0.25, 0.3) is 4.96 Å². The number of carbonyl (C=O) groups excluding carboxylic acids is 1. The molecule has 0 saturated heterocycles. The molecule has 0 aliphatic rings. The number of rotatable bonds is 8. The molecule has 0 fully saturated rings. The first-order valence-electron chi connectivity index (χ1n) is 7.79. The number of hydrogen-bond donors (Lipinski definition) is 1. The summed E-state index contributed by atoms with van der Waals surface area (Å²) in [5, 5.41) is 8.08. The van der Waals surface area contributed by atoms with Crippen molar-refractivity contribution >= 4 is 34.0 Å². The van der Waals surface area contributed by atoms with Crippen LogP contribution in [0.2, 0.25) is 0 Å². The van der Waals surface area contributed by atoms with Crippen LogP contribution in [0.1, 0.15) is 44.3 Å². The Morgan fingerprint density at radius 3 is 2.96 bits per heavy atom. The van der Waals surface area contributed by atoms with Crippen LogP contribution in [-0.2, 0) is 17.0 Å². The molecule has 0 saturated carbocycles. The number of carbonyl (C=O) groups is 1. The maximum absolute atomic E-state index is 12.0. The van der Waals surface area contributed by atoms with Crippen molar-refractivity contribution in [3.8, 4) is 0 Å². The molecule has 0 radical (unpaired) electrons. The second-order valence-electron chi connectivity index (χ2n) is 5.38. The Labute approximate surface area is 143 Å². The molecule has 6 nitrogen and oxygen atoms in total. The minimum absolute atomic E-state index is 0.0276. The summed E-state index contributed by atoms with van der Waals surface area (Å²) in [4.78, 5) is 28.9. The van der Waals surface area contributed by atoms with E-state index in [0.717, 1.165) is 24.3 Å². The van der Waals surface area contributed by atoms with Gasteiger partial charge in [-0.3, -0.25) is 9.59 Å². The Hall–Kier alpha value is -1.41. The summed E-state index contributed by atoms with van der Waals surface area (Å²) in [5.41, 5.74) is 0.531. The fourth-order valence-electron chi connectivity index (χ4n) is 2.18. The molecule has 1 atom stereocenters. The molecular formula is C15H22N4O2S2. The van der Waals surface area contributed by atoms with Crippen molar-refractivity contribution in [1.29, 1.82) is 0 Å². The average molecular weight is 355 g/mol. The van der Waals surface area contributed by atoms with Crippen LogP contribution in [0.4, 0.5) is 0 Å². The molecule has 2 heterocycles. The highest BCUT2D eigenvalue weighted by molar-refractivity contribution is 7.99. The lowest BCUT2D eigenvalue weighted by Gasteiger charge is -2.12. The zero-order valence-electron chi connectivity index (χ0n) is 13.7. The Morgan fingerprint density at radius 1 is 1.48 bits per heavy atom. The highest BCUT2D eigenvalue weighted by Gasteiger charge is 2.10. The fourth-order valence-corrected chi connectivity index (χ4v) is 3.77. The van der Waals surface area contributed by atoms with Gasteiger partial charge in [0.2, 0.25) is 10.9 Å². The normalized spacial score (nSPS) is 12.5. The van der Waals surface area contributed by atoms with Gasteiger partial charge in [0.1, 0.15) is 5.01 Å². The number of fused-ring (bicyclic) bond motifs is 1. The Morgan fingerprint density at radius 2 is 2.26 bits per heavy atom. The molecule has 0 bridgehead atoms. The van der Waals surface area contributed by atoms with Gasteiger partial charge in [-0.25, -0.2) is 4.98 Å². The zero-order valence-corrected chi connectivity index (χ0v) is 15.3. The summed E-state index contributed by atoms with van der Waals surface area (Å²) in [7, 11) is 0. The van der Waals surface area contributed by atoms with E-state index in [1.54, 1.807) is 0 Å². The van der Waals surface area contributed by atoms with Gasteiger partial charge in [0.25, 0.3) is 5.56 Å². The van der Waals surface area contributed by atoms with Gasteiger partial charge in [0, 0.05) is 17.9 Å². The number of nitrogens with zero attached hydrogens (tertiary/aromatic N) is 3. The topological polar surface area (TPSA) is 76.4 Å². The predicted octanol–water partition coefficient (Wildman–Crippen LogP) is 2.25. The second-order valence-corrected chi connectivity index (χ2v) is 7.41. The lowest BCUT2D eigenvalue weighted by atomic mass is 10.2. The third-order valence-corrected chi connectivity index (χ3v) is 5.27. The third-order valence-electron chi connectivity index (χ3n) is 3.25. The molecular weight excluding hydrogens is 332 g/mol. The summed E-state index contributed by atoms with van der Waals surface area (Å²) in [5.74, 6) is 0.943. The van der Waals surface area contributed by atoms with Crippen molar-refractivity contribution in [3.63, 3.8) is 0 Å². The van der Waals surface area contributed by atoms with Crippen LogP contribution in [0, 0.1) is 0 Å².